The van der Waals surface area contributed by atoms with Crippen LogP contribution in [-0.2, 0) is 0 Å². The molecular formula is C14H8F3NO3. The molecule has 0 radical (unpaired) electrons. The lowest BCUT2D eigenvalue weighted by atomic mass is 10.1. The van der Waals surface area contributed by atoms with Gasteiger partial charge in [-0.05, 0) is 36.4 Å². The van der Waals surface area contributed by atoms with Gasteiger partial charge in [-0.2, -0.15) is 0 Å². The van der Waals surface area contributed by atoms with Gasteiger partial charge in [0.25, 0.3) is 5.91 Å². The van der Waals surface area contributed by atoms with Gasteiger partial charge in [0.15, 0.2) is 11.6 Å². The van der Waals surface area contributed by atoms with E-state index >= 15 is 0 Å². The molecule has 0 atom stereocenters. The first-order valence-corrected chi connectivity index (χ1v) is 5.67. The molecule has 0 aliphatic heterocycles. The summed E-state index contributed by atoms with van der Waals surface area (Å²) >= 11 is 0. The highest BCUT2D eigenvalue weighted by Crippen LogP contribution is 2.17. The minimum atomic E-state index is -1.31. The summed E-state index contributed by atoms with van der Waals surface area (Å²) in [5.74, 6) is -5.43. The van der Waals surface area contributed by atoms with Gasteiger partial charge in [0.1, 0.15) is 5.82 Å². The lowest BCUT2D eigenvalue weighted by Crippen LogP contribution is -2.14. The number of rotatable bonds is 3. The molecule has 0 bridgehead atoms. The van der Waals surface area contributed by atoms with Crippen molar-refractivity contribution in [1.29, 1.82) is 0 Å². The van der Waals surface area contributed by atoms with Crippen molar-refractivity contribution in [2.24, 2.45) is 0 Å². The summed E-state index contributed by atoms with van der Waals surface area (Å²) in [5, 5.41) is 10.8. The number of carbonyl (C=O) groups is 2. The topological polar surface area (TPSA) is 66.4 Å². The predicted molar refractivity (Wildman–Crippen MR) is 67.7 cm³/mol. The number of amides is 1. The number of hydrogen-bond acceptors (Lipinski definition) is 2. The van der Waals surface area contributed by atoms with E-state index in [0.29, 0.717) is 6.07 Å². The van der Waals surface area contributed by atoms with Gasteiger partial charge in [-0.25, -0.2) is 18.0 Å². The molecule has 1 amide bonds. The molecule has 4 nitrogen and oxygen atoms in total. The Morgan fingerprint density at radius 1 is 0.857 bits per heavy atom. The Labute approximate surface area is 116 Å². The Hall–Kier alpha value is -2.83. The van der Waals surface area contributed by atoms with Gasteiger partial charge in [0.2, 0.25) is 0 Å². The zero-order chi connectivity index (χ0) is 15.6. The normalized spacial score (nSPS) is 10.2. The van der Waals surface area contributed by atoms with Crippen LogP contribution in [0.15, 0.2) is 36.4 Å². The largest absolute Gasteiger partial charge is 0.478 e. The second-order valence-electron chi connectivity index (χ2n) is 4.08. The number of carboxylic acid groups (broad SMARTS) is 1. The number of aromatic carboxylic acids is 1. The first-order chi connectivity index (χ1) is 9.88. The molecule has 0 saturated carbocycles. The number of benzene rings is 2. The van der Waals surface area contributed by atoms with Gasteiger partial charge >= 0.3 is 5.97 Å². The zero-order valence-corrected chi connectivity index (χ0v) is 10.4. The van der Waals surface area contributed by atoms with Crippen LogP contribution in [0.1, 0.15) is 20.7 Å². The third-order valence-corrected chi connectivity index (χ3v) is 2.65. The maximum Gasteiger partial charge on any atom is 0.335 e. The lowest BCUT2D eigenvalue weighted by molar-refractivity contribution is 0.0696. The van der Waals surface area contributed by atoms with Crippen LogP contribution in [0.3, 0.4) is 0 Å². The molecule has 2 N–H and O–H groups in total. The Morgan fingerprint density at radius 3 is 2.05 bits per heavy atom. The van der Waals surface area contributed by atoms with Gasteiger partial charge in [-0.3, -0.25) is 4.79 Å². The quantitative estimate of drug-likeness (QED) is 0.914. The molecule has 0 saturated heterocycles. The summed E-state index contributed by atoms with van der Waals surface area (Å²) in [6, 6.07) is 5.39. The smallest absolute Gasteiger partial charge is 0.335 e. The molecule has 108 valence electrons. The third kappa shape index (κ3) is 3.19. The van der Waals surface area contributed by atoms with Crippen molar-refractivity contribution in [3.63, 3.8) is 0 Å². The summed E-state index contributed by atoms with van der Waals surface area (Å²) in [6.07, 6.45) is 0. The molecule has 0 fully saturated rings. The number of carboxylic acids is 1. The molecule has 0 aliphatic carbocycles. The number of halogens is 3. The van der Waals surface area contributed by atoms with E-state index in [4.69, 9.17) is 5.11 Å². The summed E-state index contributed by atoms with van der Waals surface area (Å²) in [4.78, 5) is 22.4. The van der Waals surface area contributed by atoms with Gasteiger partial charge in [0.05, 0.1) is 11.3 Å². The molecule has 0 aromatic heterocycles. The Bertz CT molecular complexity index is 731. The third-order valence-electron chi connectivity index (χ3n) is 2.65. The van der Waals surface area contributed by atoms with Gasteiger partial charge < -0.3 is 10.4 Å². The molecule has 21 heavy (non-hydrogen) atoms. The lowest BCUT2D eigenvalue weighted by Gasteiger charge is -2.07. The van der Waals surface area contributed by atoms with E-state index in [1.807, 2.05) is 0 Å². The van der Waals surface area contributed by atoms with Crippen LogP contribution < -0.4 is 5.32 Å². The van der Waals surface area contributed by atoms with Crippen molar-refractivity contribution in [3.8, 4) is 0 Å². The number of nitrogens with one attached hydrogen (secondary N) is 1. The van der Waals surface area contributed by atoms with Crippen molar-refractivity contribution in [2.45, 2.75) is 0 Å². The molecule has 0 heterocycles. The van der Waals surface area contributed by atoms with Crippen LogP contribution >= 0.6 is 0 Å². The minimum Gasteiger partial charge on any atom is -0.478 e. The monoisotopic (exact) mass is 295 g/mol. The highest BCUT2D eigenvalue weighted by Gasteiger charge is 2.13. The standard InChI is InChI=1S/C14H8F3NO3/c15-9-3-1-7(5-10(9)16)13(19)18-12-4-2-8(14(20)21)6-11(12)17/h1-6H,(H,18,19)(H,20,21). The van der Waals surface area contributed by atoms with Gasteiger partial charge in [-0.1, -0.05) is 0 Å². The molecule has 2 aromatic rings. The van der Waals surface area contributed by atoms with Gasteiger partial charge in [0, 0.05) is 5.56 Å². The molecule has 0 unspecified atom stereocenters. The molecule has 7 heteroatoms. The van der Waals surface area contributed by atoms with E-state index in [-0.39, 0.29) is 16.8 Å². The van der Waals surface area contributed by atoms with Crippen LogP contribution in [0.4, 0.5) is 18.9 Å². The average molecular weight is 295 g/mol. The van der Waals surface area contributed by atoms with Crippen molar-refractivity contribution < 1.29 is 27.9 Å². The fraction of sp³-hybridized carbons (Fsp3) is 0. The molecule has 2 aromatic carbocycles. The molecule has 0 spiro atoms. The first-order valence-electron chi connectivity index (χ1n) is 5.67. The highest BCUT2D eigenvalue weighted by molar-refractivity contribution is 6.04. The van der Waals surface area contributed by atoms with E-state index in [9.17, 15) is 22.8 Å². The highest BCUT2D eigenvalue weighted by atomic mass is 19.2. The van der Waals surface area contributed by atoms with E-state index < -0.39 is 29.3 Å². The number of anilines is 1. The van der Waals surface area contributed by atoms with Crippen LogP contribution in [0.2, 0.25) is 0 Å². The fourth-order valence-corrected chi connectivity index (χ4v) is 1.58. The molecular weight excluding hydrogens is 287 g/mol. The first kappa shape index (κ1) is 14.6. The van der Waals surface area contributed by atoms with Crippen molar-refractivity contribution in [2.75, 3.05) is 5.32 Å². The maximum atomic E-state index is 13.6. The van der Waals surface area contributed by atoms with E-state index in [1.165, 1.54) is 0 Å². The summed E-state index contributed by atoms with van der Waals surface area (Å²) in [7, 11) is 0. The van der Waals surface area contributed by atoms with Crippen molar-refractivity contribution in [3.05, 3.63) is 65.0 Å². The SMILES string of the molecule is O=C(O)c1ccc(NC(=O)c2ccc(F)c(F)c2)c(F)c1. The Kier molecular flexibility index (Phi) is 3.93. The fourth-order valence-electron chi connectivity index (χ4n) is 1.58. The summed E-state index contributed by atoms with van der Waals surface area (Å²) in [6.45, 7) is 0. The van der Waals surface area contributed by atoms with Crippen LogP contribution in [0, 0.1) is 17.5 Å². The van der Waals surface area contributed by atoms with E-state index in [1.54, 1.807) is 0 Å². The Balaban J connectivity index is 2.23. The Morgan fingerprint density at radius 2 is 1.48 bits per heavy atom. The number of hydrogen-bond donors (Lipinski definition) is 2. The predicted octanol–water partition coefficient (Wildman–Crippen LogP) is 3.05. The number of carbonyl (C=O) groups excluding carboxylic acids is 1. The molecule has 2 rings (SSSR count). The second kappa shape index (κ2) is 5.66. The van der Waals surface area contributed by atoms with Crippen molar-refractivity contribution >= 4 is 17.6 Å². The summed E-state index contributed by atoms with van der Waals surface area (Å²) < 4.78 is 39.4. The molecule has 0 aliphatic rings. The van der Waals surface area contributed by atoms with E-state index in [2.05, 4.69) is 5.32 Å². The van der Waals surface area contributed by atoms with Crippen LogP contribution in [0.25, 0.3) is 0 Å². The zero-order valence-electron chi connectivity index (χ0n) is 10.4. The van der Waals surface area contributed by atoms with Crippen LogP contribution in [-0.4, -0.2) is 17.0 Å². The van der Waals surface area contributed by atoms with Gasteiger partial charge in [-0.15, -0.1) is 0 Å². The maximum absolute atomic E-state index is 13.6. The minimum absolute atomic E-state index is 0.199. The summed E-state index contributed by atoms with van der Waals surface area (Å²) in [5.41, 5.74) is -0.747. The average Bonchev–Trinajstić information content (AvgIpc) is 2.43. The second-order valence-corrected chi connectivity index (χ2v) is 4.08. The van der Waals surface area contributed by atoms with E-state index in [0.717, 1.165) is 30.3 Å². The van der Waals surface area contributed by atoms with Crippen LogP contribution in [0.5, 0.6) is 0 Å². The van der Waals surface area contributed by atoms with Crippen molar-refractivity contribution in [1.82, 2.24) is 0 Å².